The molecule has 1 unspecified atom stereocenters. The Morgan fingerprint density at radius 2 is 1.68 bits per heavy atom. The summed E-state index contributed by atoms with van der Waals surface area (Å²) in [5, 5.41) is 4.14. The van der Waals surface area contributed by atoms with Gasteiger partial charge in [0, 0.05) is 24.7 Å². The Kier molecular flexibility index (Phi) is 6.32. The molecule has 1 atom stereocenters. The third kappa shape index (κ3) is 4.53. The number of carbonyl (C=O) groups excluding carboxylic acids is 1. The number of carbonyl (C=O) groups is 1. The molecule has 3 rings (SSSR count). The molecule has 1 saturated heterocycles. The molecule has 0 aliphatic carbocycles. The zero-order valence-corrected chi connectivity index (χ0v) is 15.3. The van der Waals surface area contributed by atoms with Crippen molar-refractivity contribution >= 4 is 29.1 Å². The second kappa shape index (κ2) is 8.68. The summed E-state index contributed by atoms with van der Waals surface area (Å²) in [7, 11) is 0. The molecule has 0 radical (unpaired) electrons. The molecular formula is C19H20Cl2N2O2. The number of morpholine rings is 1. The molecule has 1 aliphatic heterocycles. The first kappa shape index (κ1) is 18.2. The number of benzene rings is 2. The van der Waals surface area contributed by atoms with Gasteiger partial charge in [0.05, 0.1) is 29.8 Å². The van der Waals surface area contributed by atoms with Crippen LogP contribution in [0.2, 0.25) is 10.0 Å². The van der Waals surface area contributed by atoms with Crippen molar-refractivity contribution in [3.8, 4) is 0 Å². The summed E-state index contributed by atoms with van der Waals surface area (Å²) in [5.41, 5.74) is 1.48. The predicted octanol–water partition coefficient (Wildman–Crippen LogP) is 3.80. The second-order valence-corrected chi connectivity index (χ2v) is 6.69. The number of hydrogen-bond donors (Lipinski definition) is 1. The monoisotopic (exact) mass is 378 g/mol. The van der Waals surface area contributed by atoms with Crippen LogP contribution >= 0.6 is 23.2 Å². The van der Waals surface area contributed by atoms with Crippen molar-refractivity contribution in [2.75, 3.05) is 32.8 Å². The molecule has 1 aliphatic rings. The maximum absolute atomic E-state index is 12.5. The van der Waals surface area contributed by atoms with Crippen molar-refractivity contribution in [1.29, 1.82) is 0 Å². The smallest absolute Gasteiger partial charge is 0.252 e. The summed E-state index contributed by atoms with van der Waals surface area (Å²) in [6, 6.07) is 14.8. The number of amides is 1. The highest BCUT2D eigenvalue weighted by Gasteiger charge is 2.25. The van der Waals surface area contributed by atoms with Gasteiger partial charge in [0.15, 0.2) is 0 Å². The Balaban J connectivity index is 1.77. The SMILES string of the molecule is O=C(NCC(c1ccccc1Cl)N1CCOCC1)c1ccccc1Cl. The first-order valence-corrected chi connectivity index (χ1v) is 9.01. The van der Waals surface area contributed by atoms with E-state index >= 15 is 0 Å². The van der Waals surface area contributed by atoms with Gasteiger partial charge in [-0.3, -0.25) is 9.69 Å². The van der Waals surface area contributed by atoms with E-state index in [1.165, 1.54) is 0 Å². The van der Waals surface area contributed by atoms with Gasteiger partial charge in [-0.05, 0) is 23.8 Å². The van der Waals surface area contributed by atoms with Crippen molar-refractivity contribution in [3.05, 3.63) is 69.7 Å². The Bertz CT molecular complexity index is 733. The summed E-state index contributed by atoms with van der Waals surface area (Å²) >= 11 is 12.5. The molecule has 2 aromatic rings. The Morgan fingerprint density at radius 3 is 2.36 bits per heavy atom. The molecule has 0 aromatic heterocycles. The van der Waals surface area contributed by atoms with Gasteiger partial charge in [-0.25, -0.2) is 0 Å². The van der Waals surface area contributed by atoms with E-state index in [1.807, 2.05) is 24.3 Å². The summed E-state index contributed by atoms with van der Waals surface area (Å²) < 4.78 is 5.45. The molecular weight excluding hydrogens is 359 g/mol. The summed E-state index contributed by atoms with van der Waals surface area (Å²) in [6.07, 6.45) is 0. The van der Waals surface area contributed by atoms with Crippen molar-refractivity contribution in [1.82, 2.24) is 10.2 Å². The lowest BCUT2D eigenvalue weighted by Gasteiger charge is -2.35. The molecule has 1 heterocycles. The standard InChI is InChI=1S/C19H20Cl2N2O2/c20-16-7-3-1-5-14(16)18(23-9-11-25-12-10-23)13-22-19(24)15-6-2-4-8-17(15)21/h1-8,18H,9-13H2,(H,22,24). The van der Waals surface area contributed by atoms with Gasteiger partial charge in [-0.1, -0.05) is 53.5 Å². The average Bonchev–Trinajstić information content (AvgIpc) is 2.64. The average molecular weight is 379 g/mol. The van der Waals surface area contributed by atoms with Crippen LogP contribution in [0.1, 0.15) is 22.0 Å². The van der Waals surface area contributed by atoms with Crippen LogP contribution in [0.25, 0.3) is 0 Å². The number of halogens is 2. The highest BCUT2D eigenvalue weighted by Crippen LogP contribution is 2.28. The van der Waals surface area contributed by atoms with Crippen LogP contribution in [-0.2, 0) is 4.74 Å². The number of ether oxygens (including phenoxy) is 1. The largest absolute Gasteiger partial charge is 0.379 e. The highest BCUT2D eigenvalue weighted by atomic mass is 35.5. The van der Waals surface area contributed by atoms with Gasteiger partial charge >= 0.3 is 0 Å². The Morgan fingerprint density at radius 1 is 1.04 bits per heavy atom. The van der Waals surface area contributed by atoms with Crippen LogP contribution in [0.5, 0.6) is 0 Å². The molecule has 0 bridgehead atoms. The van der Waals surface area contributed by atoms with E-state index < -0.39 is 0 Å². The molecule has 0 spiro atoms. The van der Waals surface area contributed by atoms with Gasteiger partial charge in [-0.2, -0.15) is 0 Å². The summed E-state index contributed by atoms with van der Waals surface area (Å²) in [6.45, 7) is 3.42. The Labute approximate surface area is 157 Å². The van der Waals surface area contributed by atoms with Crippen molar-refractivity contribution < 1.29 is 9.53 Å². The number of nitrogens with one attached hydrogen (secondary N) is 1. The number of rotatable bonds is 5. The third-order valence-corrected chi connectivity index (χ3v) is 5.00. The van der Waals surface area contributed by atoms with Crippen LogP contribution in [-0.4, -0.2) is 43.7 Å². The lowest BCUT2D eigenvalue weighted by Crippen LogP contribution is -2.44. The van der Waals surface area contributed by atoms with E-state index in [1.54, 1.807) is 24.3 Å². The predicted molar refractivity (Wildman–Crippen MR) is 100 cm³/mol. The zero-order valence-electron chi connectivity index (χ0n) is 13.8. The summed E-state index contributed by atoms with van der Waals surface area (Å²) in [4.78, 5) is 14.8. The third-order valence-electron chi connectivity index (χ3n) is 4.33. The fourth-order valence-electron chi connectivity index (χ4n) is 3.00. The van der Waals surface area contributed by atoms with Gasteiger partial charge in [0.25, 0.3) is 5.91 Å². The quantitative estimate of drug-likeness (QED) is 0.860. The van der Waals surface area contributed by atoms with E-state index in [9.17, 15) is 4.79 Å². The zero-order chi connectivity index (χ0) is 17.6. The van der Waals surface area contributed by atoms with Crippen molar-refractivity contribution in [2.24, 2.45) is 0 Å². The number of nitrogens with zero attached hydrogens (tertiary/aromatic N) is 1. The fraction of sp³-hybridized carbons (Fsp3) is 0.316. The van der Waals surface area contributed by atoms with Crippen LogP contribution < -0.4 is 5.32 Å². The van der Waals surface area contributed by atoms with E-state index in [0.29, 0.717) is 35.4 Å². The van der Waals surface area contributed by atoms with Crippen LogP contribution in [0, 0.1) is 0 Å². The van der Waals surface area contributed by atoms with Crippen molar-refractivity contribution in [2.45, 2.75) is 6.04 Å². The van der Waals surface area contributed by atoms with Gasteiger partial charge in [0.1, 0.15) is 0 Å². The first-order chi connectivity index (χ1) is 12.2. The molecule has 25 heavy (non-hydrogen) atoms. The van der Waals surface area contributed by atoms with E-state index in [4.69, 9.17) is 27.9 Å². The molecule has 6 heteroatoms. The Hall–Kier alpha value is -1.59. The second-order valence-electron chi connectivity index (χ2n) is 5.88. The van der Waals surface area contributed by atoms with Crippen LogP contribution in [0.4, 0.5) is 0 Å². The molecule has 2 aromatic carbocycles. The maximum Gasteiger partial charge on any atom is 0.252 e. The topological polar surface area (TPSA) is 41.6 Å². The van der Waals surface area contributed by atoms with E-state index in [-0.39, 0.29) is 11.9 Å². The van der Waals surface area contributed by atoms with Crippen LogP contribution in [0.15, 0.2) is 48.5 Å². The van der Waals surface area contributed by atoms with Gasteiger partial charge < -0.3 is 10.1 Å². The lowest BCUT2D eigenvalue weighted by atomic mass is 10.0. The van der Waals surface area contributed by atoms with Crippen molar-refractivity contribution in [3.63, 3.8) is 0 Å². The fourth-order valence-corrected chi connectivity index (χ4v) is 3.48. The number of hydrogen-bond acceptors (Lipinski definition) is 3. The lowest BCUT2D eigenvalue weighted by molar-refractivity contribution is 0.0162. The summed E-state index contributed by atoms with van der Waals surface area (Å²) in [5.74, 6) is -0.184. The molecule has 1 fully saturated rings. The van der Waals surface area contributed by atoms with Crippen LogP contribution in [0.3, 0.4) is 0 Å². The van der Waals surface area contributed by atoms with E-state index in [2.05, 4.69) is 10.2 Å². The molecule has 0 saturated carbocycles. The minimum atomic E-state index is -0.184. The van der Waals surface area contributed by atoms with Gasteiger partial charge in [-0.15, -0.1) is 0 Å². The normalized spacial score (nSPS) is 16.4. The molecule has 4 nitrogen and oxygen atoms in total. The highest BCUT2D eigenvalue weighted by molar-refractivity contribution is 6.33. The maximum atomic E-state index is 12.5. The van der Waals surface area contributed by atoms with E-state index in [0.717, 1.165) is 18.7 Å². The first-order valence-electron chi connectivity index (χ1n) is 8.26. The molecule has 132 valence electrons. The minimum absolute atomic E-state index is 0.0102. The molecule has 1 amide bonds. The molecule has 1 N–H and O–H groups in total. The van der Waals surface area contributed by atoms with Gasteiger partial charge in [0.2, 0.25) is 0 Å². The minimum Gasteiger partial charge on any atom is -0.379 e.